The van der Waals surface area contributed by atoms with Crippen molar-refractivity contribution in [1.29, 1.82) is 0 Å². The van der Waals surface area contributed by atoms with E-state index in [-0.39, 0.29) is 0 Å². The number of rotatable bonds is 4. The average molecular weight is 263 g/mol. The first kappa shape index (κ1) is 14.0. The minimum Gasteiger partial charge on any atom is -0.476 e. The largest absolute Gasteiger partial charge is 0.476 e. The molecule has 0 aliphatic carbocycles. The van der Waals surface area contributed by atoms with Gasteiger partial charge in [-0.2, -0.15) is 4.98 Å². The maximum Gasteiger partial charge on any atom is 0.239 e. The van der Waals surface area contributed by atoms with Gasteiger partial charge in [-0.1, -0.05) is 19.8 Å². The van der Waals surface area contributed by atoms with Crippen molar-refractivity contribution < 1.29 is 4.74 Å². The van der Waals surface area contributed by atoms with Gasteiger partial charge in [0.05, 0.1) is 12.3 Å². The summed E-state index contributed by atoms with van der Waals surface area (Å²) in [6.45, 7) is 5.89. The Labute approximate surface area is 116 Å². The van der Waals surface area contributed by atoms with E-state index >= 15 is 0 Å². The second-order valence-corrected chi connectivity index (χ2v) is 5.10. The molecule has 2 rings (SSSR count). The lowest BCUT2D eigenvalue weighted by atomic mass is 10.1. The predicted octanol–water partition coefficient (Wildman–Crippen LogP) is 3.22. The molecular formula is C15H25N3O. The minimum atomic E-state index is 0.569. The maximum absolute atomic E-state index is 5.90. The highest BCUT2D eigenvalue weighted by Crippen LogP contribution is 2.28. The molecule has 0 bridgehead atoms. The maximum atomic E-state index is 5.90. The van der Waals surface area contributed by atoms with Gasteiger partial charge in [0.25, 0.3) is 0 Å². The van der Waals surface area contributed by atoms with Gasteiger partial charge in [-0.25, -0.2) is 0 Å². The molecular weight excluding hydrogens is 238 g/mol. The smallest absolute Gasteiger partial charge is 0.239 e. The third kappa shape index (κ3) is 3.31. The van der Waals surface area contributed by atoms with Crippen LogP contribution in [0, 0.1) is 0 Å². The van der Waals surface area contributed by atoms with Gasteiger partial charge in [-0.3, -0.25) is 0 Å². The Bertz CT molecular complexity index is 408. The second-order valence-electron chi connectivity index (χ2n) is 5.10. The Kier molecular flexibility index (Phi) is 4.88. The van der Waals surface area contributed by atoms with Gasteiger partial charge in [0, 0.05) is 12.6 Å². The topological polar surface area (TPSA) is 51.4 Å². The van der Waals surface area contributed by atoms with Crippen molar-refractivity contribution in [2.24, 2.45) is 0 Å². The van der Waals surface area contributed by atoms with Crippen LogP contribution in [0.4, 0.5) is 11.5 Å². The summed E-state index contributed by atoms with van der Waals surface area (Å²) < 4.78 is 5.51. The number of hydrogen-bond donors (Lipinski definition) is 1. The van der Waals surface area contributed by atoms with Gasteiger partial charge in [-0.15, -0.1) is 0 Å². The van der Waals surface area contributed by atoms with Crippen LogP contribution in [0.25, 0.3) is 0 Å². The summed E-state index contributed by atoms with van der Waals surface area (Å²) in [5.74, 6) is 1.57. The van der Waals surface area contributed by atoms with Crippen LogP contribution in [-0.2, 0) is 0 Å². The number of pyridine rings is 1. The number of nitrogens with two attached hydrogens (primary N) is 1. The molecule has 2 N–H and O–H groups in total. The summed E-state index contributed by atoms with van der Waals surface area (Å²) in [6.07, 6.45) is 6.30. The quantitative estimate of drug-likeness (QED) is 0.906. The van der Waals surface area contributed by atoms with Crippen LogP contribution in [0.3, 0.4) is 0 Å². The molecule has 0 amide bonds. The molecule has 1 aromatic rings. The zero-order valence-corrected chi connectivity index (χ0v) is 12.1. The van der Waals surface area contributed by atoms with Gasteiger partial charge >= 0.3 is 0 Å². The number of nitrogen functional groups attached to an aromatic ring is 1. The highest BCUT2D eigenvalue weighted by atomic mass is 16.5. The van der Waals surface area contributed by atoms with E-state index in [9.17, 15) is 0 Å². The lowest BCUT2D eigenvalue weighted by Gasteiger charge is -2.30. The molecule has 0 saturated carbocycles. The fourth-order valence-corrected chi connectivity index (χ4v) is 2.76. The third-order valence-electron chi connectivity index (χ3n) is 3.80. The molecule has 106 valence electrons. The number of aromatic nitrogens is 1. The van der Waals surface area contributed by atoms with Crippen LogP contribution >= 0.6 is 0 Å². The Hall–Kier alpha value is -1.45. The van der Waals surface area contributed by atoms with E-state index < -0.39 is 0 Å². The molecule has 4 heteroatoms. The molecule has 1 aliphatic rings. The molecule has 1 aliphatic heterocycles. The van der Waals surface area contributed by atoms with E-state index in [4.69, 9.17) is 10.5 Å². The van der Waals surface area contributed by atoms with E-state index in [1.54, 1.807) is 0 Å². The molecule has 1 saturated heterocycles. The second kappa shape index (κ2) is 6.64. The number of anilines is 2. The molecule has 4 nitrogen and oxygen atoms in total. The first-order chi connectivity index (χ1) is 9.26. The van der Waals surface area contributed by atoms with Gasteiger partial charge in [0.1, 0.15) is 5.82 Å². The summed E-state index contributed by atoms with van der Waals surface area (Å²) in [6, 6.07) is 4.52. The van der Waals surface area contributed by atoms with Gasteiger partial charge in [0.2, 0.25) is 5.88 Å². The van der Waals surface area contributed by atoms with Crippen LogP contribution in [0.5, 0.6) is 5.88 Å². The van der Waals surface area contributed by atoms with Crippen LogP contribution in [-0.4, -0.2) is 24.2 Å². The van der Waals surface area contributed by atoms with E-state index in [2.05, 4.69) is 16.8 Å². The third-order valence-corrected chi connectivity index (χ3v) is 3.80. The highest BCUT2D eigenvalue weighted by molar-refractivity contribution is 5.55. The van der Waals surface area contributed by atoms with E-state index in [1.807, 2.05) is 19.1 Å². The molecule has 1 atom stereocenters. The standard InChI is InChI=1S/C15H25N3O/c1-3-12-8-6-5-7-11-18(12)14-10-9-13(16)15(17-14)19-4-2/h9-10,12H,3-8,11,16H2,1-2H3. The van der Waals surface area contributed by atoms with Crippen molar-refractivity contribution in [3.63, 3.8) is 0 Å². The summed E-state index contributed by atoms with van der Waals surface area (Å²) in [5.41, 5.74) is 6.52. The fourth-order valence-electron chi connectivity index (χ4n) is 2.76. The van der Waals surface area contributed by atoms with Crippen molar-refractivity contribution in [3.05, 3.63) is 12.1 Å². The molecule has 0 spiro atoms. The monoisotopic (exact) mass is 263 g/mol. The number of ether oxygens (including phenoxy) is 1. The van der Waals surface area contributed by atoms with E-state index in [1.165, 1.54) is 25.7 Å². The lowest BCUT2D eigenvalue weighted by molar-refractivity contribution is 0.328. The van der Waals surface area contributed by atoms with Crippen molar-refractivity contribution in [1.82, 2.24) is 4.98 Å². The van der Waals surface area contributed by atoms with Crippen LogP contribution in [0.15, 0.2) is 12.1 Å². The Morgan fingerprint density at radius 1 is 1.32 bits per heavy atom. The molecule has 0 radical (unpaired) electrons. The molecule has 0 aromatic carbocycles. The highest BCUT2D eigenvalue weighted by Gasteiger charge is 2.21. The normalized spacial score (nSPS) is 20.1. The molecule has 2 heterocycles. The van der Waals surface area contributed by atoms with Crippen molar-refractivity contribution in [2.75, 3.05) is 23.8 Å². The van der Waals surface area contributed by atoms with Crippen LogP contribution in [0.1, 0.15) is 46.0 Å². The number of nitrogens with zero attached hydrogens (tertiary/aromatic N) is 2. The van der Waals surface area contributed by atoms with E-state index in [0.717, 1.165) is 18.8 Å². The SMILES string of the molecule is CCOc1nc(N2CCCCCC2CC)ccc1N. The summed E-state index contributed by atoms with van der Waals surface area (Å²) >= 11 is 0. The minimum absolute atomic E-state index is 0.569. The van der Waals surface area contributed by atoms with Crippen molar-refractivity contribution >= 4 is 11.5 Å². The first-order valence-corrected chi connectivity index (χ1v) is 7.42. The Morgan fingerprint density at radius 3 is 2.89 bits per heavy atom. The fraction of sp³-hybridized carbons (Fsp3) is 0.667. The van der Waals surface area contributed by atoms with Gasteiger partial charge < -0.3 is 15.4 Å². The summed E-state index contributed by atoms with van der Waals surface area (Å²) in [7, 11) is 0. The van der Waals surface area contributed by atoms with E-state index in [0.29, 0.717) is 24.2 Å². The Morgan fingerprint density at radius 2 is 2.16 bits per heavy atom. The van der Waals surface area contributed by atoms with Crippen molar-refractivity contribution in [2.45, 2.75) is 52.0 Å². The molecule has 1 aromatic heterocycles. The first-order valence-electron chi connectivity index (χ1n) is 7.42. The summed E-state index contributed by atoms with van der Waals surface area (Å²) in [5, 5.41) is 0. The van der Waals surface area contributed by atoms with Crippen LogP contribution in [0.2, 0.25) is 0 Å². The predicted molar refractivity (Wildman–Crippen MR) is 79.7 cm³/mol. The summed E-state index contributed by atoms with van der Waals surface area (Å²) in [4.78, 5) is 7.03. The number of hydrogen-bond acceptors (Lipinski definition) is 4. The van der Waals surface area contributed by atoms with Crippen LogP contribution < -0.4 is 15.4 Å². The average Bonchev–Trinajstić information content (AvgIpc) is 2.66. The lowest BCUT2D eigenvalue weighted by Crippen LogP contribution is -2.35. The Balaban J connectivity index is 2.25. The molecule has 1 fully saturated rings. The van der Waals surface area contributed by atoms with Gasteiger partial charge in [-0.05, 0) is 38.3 Å². The van der Waals surface area contributed by atoms with Gasteiger partial charge in [0.15, 0.2) is 0 Å². The van der Waals surface area contributed by atoms with Crippen molar-refractivity contribution in [3.8, 4) is 5.88 Å². The molecule has 19 heavy (non-hydrogen) atoms. The zero-order valence-electron chi connectivity index (χ0n) is 12.1. The molecule has 1 unspecified atom stereocenters. The zero-order chi connectivity index (χ0) is 13.7.